The lowest BCUT2D eigenvalue weighted by atomic mass is 10.3. The molecule has 1 aromatic heterocycles. The summed E-state index contributed by atoms with van der Waals surface area (Å²) in [6.45, 7) is 0.371. The molecule has 3 rings (SSSR count). The van der Waals surface area contributed by atoms with E-state index in [4.69, 9.17) is 14.2 Å². The molecule has 1 aliphatic rings. The minimum absolute atomic E-state index is 0.371. The highest BCUT2D eigenvalue weighted by Crippen LogP contribution is 2.37. The van der Waals surface area contributed by atoms with E-state index in [0.29, 0.717) is 24.4 Å². The monoisotopic (exact) mass is 259 g/mol. The highest BCUT2D eigenvalue weighted by molar-refractivity contribution is 5.68. The number of para-hydroxylation sites is 2. The fraction of sp³-hybridized carbons (Fsp3) is 0.231. The normalized spacial score (nSPS) is 12.8. The van der Waals surface area contributed by atoms with Gasteiger partial charge in [0, 0.05) is 0 Å². The van der Waals surface area contributed by atoms with E-state index in [2.05, 4.69) is 9.97 Å². The molecule has 0 aliphatic carbocycles. The molecular formula is C13H13N3O3. The van der Waals surface area contributed by atoms with Crippen molar-refractivity contribution in [2.24, 2.45) is 0 Å². The number of hydrogen-bond donors (Lipinski definition) is 0. The zero-order valence-corrected chi connectivity index (χ0v) is 10.7. The molecule has 6 nitrogen and oxygen atoms in total. The third-order valence-corrected chi connectivity index (χ3v) is 2.83. The van der Waals surface area contributed by atoms with Gasteiger partial charge in [0.1, 0.15) is 5.75 Å². The molecule has 0 radical (unpaired) electrons. The Morgan fingerprint density at radius 3 is 2.47 bits per heavy atom. The van der Waals surface area contributed by atoms with E-state index >= 15 is 0 Å². The molecule has 1 aliphatic heterocycles. The fourth-order valence-electron chi connectivity index (χ4n) is 1.89. The quantitative estimate of drug-likeness (QED) is 0.840. The second-order valence-corrected chi connectivity index (χ2v) is 3.92. The van der Waals surface area contributed by atoms with Crippen LogP contribution in [0.1, 0.15) is 0 Å². The van der Waals surface area contributed by atoms with Crippen LogP contribution in [0.2, 0.25) is 0 Å². The predicted octanol–water partition coefficient (Wildman–Crippen LogP) is 1.98. The zero-order chi connectivity index (χ0) is 13.2. The fourth-order valence-corrected chi connectivity index (χ4v) is 1.89. The summed E-state index contributed by atoms with van der Waals surface area (Å²) < 4.78 is 15.9. The first-order chi connectivity index (χ1) is 9.31. The van der Waals surface area contributed by atoms with Crippen molar-refractivity contribution in [2.75, 3.05) is 25.9 Å². The molecule has 2 heterocycles. The molecule has 0 fully saturated rings. The third kappa shape index (κ3) is 2.01. The maximum Gasteiger partial charge on any atom is 0.239 e. The van der Waals surface area contributed by atoms with E-state index in [1.54, 1.807) is 20.3 Å². The van der Waals surface area contributed by atoms with Crippen molar-refractivity contribution < 1.29 is 14.2 Å². The summed E-state index contributed by atoms with van der Waals surface area (Å²) in [6.07, 6.45) is 0. The number of hydrogen-bond acceptors (Lipinski definition) is 6. The zero-order valence-electron chi connectivity index (χ0n) is 10.7. The topological polar surface area (TPSA) is 56.7 Å². The number of ether oxygens (including phenoxy) is 3. The van der Waals surface area contributed by atoms with Gasteiger partial charge in [0.2, 0.25) is 17.7 Å². The van der Waals surface area contributed by atoms with Gasteiger partial charge in [-0.2, -0.15) is 9.97 Å². The summed E-state index contributed by atoms with van der Waals surface area (Å²) in [6, 6.07) is 9.37. The van der Waals surface area contributed by atoms with Crippen LogP contribution < -0.4 is 19.1 Å². The van der Waals surface area contributed by atoms with Gasteiger partial charge >= 0.3 is 0 Å². The predicted molar refractivity (Wildman–Crippen MR) is 69.2 cm³/mol. The molecule has 0 atom stereocenters. The van der Waals surface area contributed by atoms with Gasteiger partial charge in [0.05, 0.1) is 26.0 Å². The van der Waals surface area contributed by atoms with E-state index < -0.39 is 0 Å². The van der Waals surface area contributed by atoms with Gasteiger partial charge in [-0.1, -0.05) is 12.1 Å². The van der Waals surface area contributed by atoms with E-state index in [1.165, 1.54) is 0 Å². The average molecular weight is 259 g/mol. The van der Waals surface area contributed by atoms with Crippen LogP contribution in [0.5, 0.6) is 17.5 Å². The molecule has 2 aromatic rings. The molecule has 0 saturated heterocycles. The summed E-state index contributed by atoms with van der Waals surface area (Å²) in [7, 11) is 3.11. The smallest absolute Gasteiger partial charge is 0.239 e. The van der Waals surface area contributed by atoms with Gasteiger partial charge < -0.3 is 14.2 Å². The third-order valence-electron chi connectivity index (χ3n) is 2.83. The first kappa shape index (κ1) is 11.6. The van der Waals surface area contributed by atoms with Crippen LogP contribution in [-0.4, -0.2) is 30.9 Å². The Bertz CT molecular complexity index is 581. The van der Waals surface area contributed by atoms with Crippen LogP contribution in [0, 0.1) is 0 Å². The van der Waals surface area contributed by atoms with E-state index in [0.717, 1.165) is 11.4 Å². The Kier molecular flexibility index (Phi) is 2.83. The van der Waals surface area contributed by atoms with Crippen LogP contribution in [0.3, 0.4) is 0 Å². The van der Waals surface area contributed by atoms with Gasteiger partial charge in [-0.25, -0.2) is 0 Å². The summed E-state index contributed by atoms with van der Waals surface area (Å²) in [5.41, 5.74) is 0.929. The van der Waals surface area contributed by atoms with Crippen LogP contribution in [0.25, 0.3) is 0 Å². The molecule has 0 saturated carbocycles. The molecule has 19 heavy (non-hydrogen) atoms. The Morgan fingerprint density at radius 1 is 1.11 bits per heavy atom. The lowest BCUT2D eigenvalue weighted by Gasteiger charge is -2.15. The minimum Gasteiger partial charge on any atom is -0.481 e. The van der Waals surface area contributed by atoms with Gasteiger partial charge in [-0.3, -0.25) is 4.90 Å². The number of aromatic nitrogens is 2. The lowest BCUT2D eigenvalue weighted by molar-refractivity contribution is 0.351. The van der Waals surface area contributed by atoms with Crippen molar-refractivity contribution in [3.63, 3.8) is 0 Å². The Labute approximate surface area is 110 Å². The highest BCUT2D eigenvalue weighted by Gasteiger charge is 2.24. The number of anilines is 2. The summed E-state index contributed by atoms with van der Waals surface area (Å²) in [5, 5.41) is 0. The maximum absolute atomic E-state index is 5.58. The van der Waals surface area contributed by atoms with Crippen LogP contribution in [-0.2, 0) is 0 Å². The average Bonchev–Trinajstić information content (AvgIpc) is 2.90. The second kappa shape index (κ2) is 4.64. The van der Waals surface area contributed by atoms with Crippen molar-refractivity contribution in [1.82, 2.24) is 9.97 Å². The molecular weight excluding hydrogens is 246 g/mol. The second-order valence-electron chi connectivity index (χ2n) is 3.92. The molecule has 0 N–H and O–H groups in total. The minimum atomic E-state index is 0.371. The first-order valence-corrected chi connectivity index (χ1v) is 5.78. The molecule has 0 amide bonds. The number of benzene rings is 1. The summed E-state index contributed by atoms with van der Waals surface area (Å²) >= 11 is 0. The standard InChI is InChI=1S/C13H13N3O3/c1-17-11-7-12(18-2)15-13(14-11)16-8-19-10-6-4-3-5-9(10)16/h3-7H,8H2,1-2H3. The van der Waals surface area contributed by atoms with E-state index in [1.807, 2.05) is 29.2 Å². The summed E-state index contributed by atoms with van der Waals surface area (Å²) in [5.74, 6) is 2.20. The molecule has 98 valence electrons. The highest BCUT2D eigenvalue weighted by atomic mass is 16.5. The Morgan fingerprint density at radius 2 is 1.79 bits per heavy atom. The largest absolute Gasteiger partial charge is 0.481 e. The molecule has 1 aromatic carbocycles. The number of fused-ring (bicyclic) bond motifs is 1. The van der Waals surface area contributed by atoms with Crippen LogP contribution in [0.15, 0.2) is 30.3 Å². The van der Waals surface area contributed by atoms with Crippen molar-refractivity contribution in [1.29, 1.82) is 0 Å². The van der Waals surface area contributed by atoms with Crippen molar-refractivity contribution in [3.8, 4) is 17.5 Å². The van der Waals surface area contributed by atoms with Crippen molar-refractivity contribution in [3.05, 3.63) is 30.3 Å². The molecule has 0 bridgehead atoms. The van der Waals surface area contributed by atoms with Gasteiger partial charge in [0.15, 0.2) is 6.73 Å². The van der Waals surface area contributed by atoms with Gasteiger partial charge in [0.25, 0.3) is 0 Å². The first-order valence-electron chi connectivity index (χ1n) is 5.78. The SMILES string of the molecule is COc1cc(OC)nc(N2COc3ccccc32)n1. The van der Waals surface area contributed by atoms with Crippen LogP contribution >= 0.6 is 0 Å². The number of nitrogens with zero attached hydrogens (tertiary/aromatic N) is 3. The van der Waals surface area contributed by atoms with Gasteiger partial charge in [-0.15, -0.1) is 0 Å². The maximum atomic E-state index is 5.58. The van der Waals surface area contributed by atoms with Gasteiger partial charge in [-0.05, 0) is 12.1 Å². The Balaban J connectivity index is 2.04. The molecule has 0 spiro atoms. The Hall–Kier alpha value is -2.50. The van der Waals surface area contributed by atoms with E-state index in [-0.39, 0.29) is 0 Å². The molecule has 6 heteroatoms. The van der Waals surface area contributed by atoms with Crippen molar-refractivity contribution in [2.45, 2.75) is 0 Å². The number of rotatable bonds is 3. The lowest BCUT2D eigenvalue weighted by Crippen LogP contribution is -2.18. The number of methoxy groups -OCH3 is 2. The van der Waals surface area contributed by atoms with E-state index in [9.17, 15) is 0 Å². The molecule has 0 unspecified atom stereocenters. The van der Waals surface area contributed by atoms with Crippen LogP contribution in [0.4, 0.5) is 11.6 Å². The summed E-state index contributed by atoms with van der Waals surface area (Å²) in [4.78, 5) is 10.5. The van der Waals surface area contributed by atoms with Crippen molar-refractivity contribution >= 4 is 11.6 Å².